The van der Waals surface area contributed by atoms with E-state index in [1.807, 2.05) is 12.1 Å². The standard InChI is InChI=1S/C16H21FN2O3.ClH/c1-21-14-5-10-3-4-19(9-11(10)6-15(14)22-2)16(20)13-7-12(17)8-18-13;/h5-6,12-13,18H,3-4,7-9H2,1-2H3;1H/t12-,13+;/m0./s1. The molecule has 1 aromatic carbocycles. The second-order valence-electron chi connectivity index (χ2n) is 5.78. The highest BCUT2D eigenvalue weighted by atomic mass is 35.5. The average Bonchev–Trinajstić information content (AvgIpc) is 2.98. The summed E-state index contributed by atoms with van der Waals surface area (Å²) in [5, 5.41) is 2.96. The molecule has 1 aromatic rings. The van der Waals surface area contributed by atoms with Gasteiger partial charge in [-0.25, -0.2) is 4.39 Å². The summed E-state index contributed by atoms with van der Waals surface area (Å²) in [6, 6.07) is 3.51. The van der Waals surface area contributed by atoms with E-state index in [1.165, 1.54) is 5.56 Å². The Morgan fingerprint density at radius 2 is 1.91 bits per heavy atom. The zero-order chi connectivity index (χ0) is 15.7. The Hall–Kier alpha value is -1.53. The molecule has 2 aliphatic rings. The van der Waals surface area contributed by atoms with E-state index in [9.17, 15) is 9.18 Å². The summed E-state index contributed by atoms with van der Waals surface area (Å²) in [5.74, 6) is 1.36. The summed E-state index contributed by atoms with van der Waals surface area (Å²) in [7, 11) is 3.21. The molecule has 1 saturated heterocycles. The van der Waals surface area contributed by atoms with Gasteiger partial charge in [-0.3, -0.25) is 4.79 Å². The van der Waals surface area contributed by atoms with Gasteiger partial charge in [-0.05, 0) is 29.7 Å². The fraction of sp³-hybridized carbons (Fsp3) is 0.562. The van der Waals surface area contributed by atoms with Gasteiger partial charge in [-0.15, -0.1) is 12.4 Å². The molecule has 2 atom stereocenters. The number of methoxy groups -OCH3 is 2. The number of rotatable bonds is 3. The van der Waals surface area contributed by atoms with Crippen molar-refractivity contribution in [2.45, 2.75) is 31.6 Å². The second-order valence-corrected chi connectivity index (χ2v) is 5.78. The van der Waals surface area contributed by atoms with Gasteiger partial charge < -0.3 is 19.7 Å². The van der Waals surface area contributed by atoms with E-state index >= 15 is 0 Å². The van der Waals surface area contributed by atoms with Crippen LogP contribution in [-0.4, -0.2) is 50.3 Å². The maximum atomic E-state index is 13.3. The van der Waals surface area contributed by atoms with E-state index in [1.54, 1.807) is 19.1 Å². The van der Waals surface area contributed by atoms with E-state index in [0.29, 0.717) is 24.6 Å². The van der Waals surface area contributed by atoms with Gasteiger partial charge in [-0.1, -0.05) is 0 Å². The number of fused-ring (bicyclic) bond motifs is 1. The third-order valence-corrected chi connectivity index (χ3v) is 4.41. The van der Waals surface area contributed by atoms with E-state index in [4.69, 9.17) is 9.47 Å². The largest absolute Gasteiger partial charge is 0.493 e. The van der Waals surface area contributed by atoms with Gasteiger partial charge >= 0.3 is 0 Å². The highest BCUT2D eigenvalue weighted by molar-refractivity contribution is 5.85. The van der Waals surface area contributed by atoms with Crippen LogP contribution in [0.15, 0.2) is 12.1 Å². The fourth-order valence-electron chi connectivity index (χ4n) is 3.17. The third kappa shape index (κ3) is 3.53. The van der Waals surface area contributed by atoms with E-state index < -0.39 is 12.2 Å². The van der Waals surface area contributed by atoms with Crippen LogP contribution in [0.1, 0.15) is 17.5 Å². The molecule has 7 heteroatoms. The average molecular weight is 345 g/mol. The van der Waals surface area contributed by atoms with Crippen molar-refractivity contribution in [1.82, 2.24) is 10.2 Å². The number of nitrogens with zero attached hydrogens (tertiary/aromatic N) is 1. The normalized spacial score (nSPS) is 23.0. The Bertz CT molecular complexity index is 585. The van der Waals surface area contributed by atoms with E-state index in [-0.39, 0.29) is 31.3 Å². The molecule has 3 rings (SSSR count). The lowest BCUT2D eigenvalue weighted by atomic mass is 9.98. The van der Waals surface area contributed by atoms with Gasteiger partial charge in [0.25, 0.3) is 0 Å². The molecule has 1 N–H and O–H groups in total. The Kier molecular flexibility index (Phi) is 5.70. The molecule has 0 bridgehead atoms. The molecule has 2 heterocycles. The maximum absolute atomic E-state index is 13.3. The summed E-state index contributed by atoms with van der Waals surface area (Å²) in [6.45, 7) is 1.45. The third-order valence-electron chi connectivity index (χ3n) is 4.41. The molecule has 0 spiro atoms. The van der Waals surface area contributed by atoms with E-state index in [2.05, 4.69) is 5.32 Å². The summed E-state index contributed by atoms with van der Waals surface area (Å²) in [5.41, 5.74) is 2.23. The quantitative estimate of drug-likeness (QED) is 0.907. The predicted octanol–water partition coefficient (Wildman–Crippen LogP) is 1.71. The number of alkyl halides is 1. The van der Waals surface area contributed by atoms with Crippen molar-refractivity contribution in [2.24, 2.45) is 0 Å². The Morgan fingerprint density at radius 3 is 2.48 bits per heavy atom. The van der Waals surface area contributed by atoms with E-state index in [0.717, 1.165) is 12.0 Å². The van der Waals surface area contributed by atoms with Gasteiger partial charge in [-0.2, -0.15) is 0 Å². The highest BCUT2D eigenvalue weighted by Gasteiger charge is 2.33. The highest BCUT2D eigenvalue weighted by Crippen LogP contribution is 2.33. The van der Waals surface area contributed by atoms with Crippen molar-refractivity contribution in [3.63, 3.8) is 0 Å². The second kappa shape index (κ2) is 7.36. The minimum absolute atomic E-state index is 0. The molecule has 0 aliphatic carbocycles. The first-order valence-corrected chi connectivity index (χ1v) is 7.52. The van der Waals surface area contributed by atoms with Crippen LogP contribution in [0, 0.1) is 0 Å². The summed E-state index contributed by atoms with van der Waals surface area (Å²) in [6.07, 6.45) is 0.122. The zero-order valence-electron chi connectivity index (χ0n) is 13.3. The molecule has 0 unspecified atom stereocenters. The number of hydrogen-bond donors (Lipinski definition) is 1. The van der Waals surface area contributed by atoms with Crippen molar-refractivity contribution in [1.29, 1.82) is 0 Å². The van der Waals surface area contributed by atoms with Crippen LogP contribution in [0.5, 0.6) is 11.5 Å². The number of halogens is 2. The predicted molar refractivity (Wildman–Crippen MR) is 87.2 cm³/mol. The summed E-state index contributed by atoms with van der Waals surface area (Å²) in [4.78, 5) is 14.3. The SMILES string of the molecule is COc1cc2c(cc1OC)CN(C(=O)[C@H]1C[C@H](F)CN1)CC2.Cl. The minimum atomic E-state index is -0.921. The van der Waals surface area contributed by atoms with Crippen LogP contribution in [0.3, 0.4) is 0 Å². The molecule has 0 aromatic heterocycles. The van der Waals surface area contributed by atoms with Crippen molar-refractivity contribution in [2.75, 3.05) is 27.3 Å². The molecule has 23 heavy (non-hydrogen) atoms. The molecule has 1 fully saturated rings. The summed E-state index contributed by atoms with van der Waals surface area (Å²) < 4.78 is 23.9. The van der Waals surface area contributed by atoms with Gasteiger partial charge in [0.05, 0.1) is 20.3 Å². The molecular weight excluding hydrogens is 323 g/mol. The van der Waals surface area contributed by atoms with Crippen molar-refractivity contribution < 1.29 is 18.7 Å². The van der Waals surface area contributed by atoms with Crippen LogP contribution in [0.4, 0.5) is 4.39 Å². The van der Waals surface area contributed by atoms with Crippen molar-refractivity contribution in [3.8, 4) is 11.5 Å². The first-order valence-electron chi connectivity index (χ1n) is 7.52. The number of amides is 1. The molecule has 128 valence electrons. The number of carbonyl (C=O) groups excluding carboxylic acids is 1. The van der Waals surface area contributed by atoms with Crippen molar-refractivity contribution in [3.05, 3.63) is 23.3 Å². The summed E-state index contributed by atoms with van der Waals surface area (Å²) >= 11 is 0. The van der Waals surface area contributed by atoms with Crippen LogP contribution < -0.4 is 14.8 Å². The first-order chi connectivity index (χ1) is 10.6. The fourth-order valence-corrected chi connectivity index (χ4v) is 3.17. The molecule has 5 nitrogen and oxygen atoms in total. The topological polar surface area (TPSA) is 50.8 Å². The van der Waals surface area contributed by atoms with Crippen LogP contribution in [0.2, 0.25) is 0 Å². The van der Waals surface area contributed by atoms with Gasteiger partial charge in [0.2, 0.25) is 5.91 Å². The monoisotopic (exact) mass is 344 g/mol. The molecular formula is C16H22ClFN2O3. The number of ether oxygens (including phenoxy) is 2. The zero-order valence-corrected chi connectivity index (χ0v) is 14.1. The maximum Gasteiger partial charge on any atom is 0.240 e. The minimum Gasteiger partial charge on any atom is -0.493 e. The lowest BCUT2D eigenvalue weighted by molar-refractivity contribution is -0.134. The van der Waals surface area contributed by atoms with Crippen LogP contribution >= 0.6 is 12.4 Å². The molecule has 2 aliphatic heterocycles. The van der Waals surface area contributed by atoms with Crippen LogP contribution in [-0.2, 0) is 17.8 Å². The number of carbonyl (C=O) groups is 1. The lowest BCUT2D eigenvalue weighted by Crippen LogP contribution is -2.45. The van der Waals surface area contributed by atoms with Gasteiger partial charge in [0.1, 0.15) is 6.17 Å². The van der Waals surface area contributed by atoms with Crippen molar-refractivity contribution >= 4 is 18.3 Å². The number of hydrogen-bond acceptors (Lipinski definition) is 4. The first kappa shape index (κ1) is 17.8. The van der Waals surface area contributed by atoms with Crippen LogP contribution in [0.25, 0.3) is 0 Å². The molecule has 1 amide bonds. The molecule has 0 radical (unpaired) electrons. The lowest BCUT2D eigenvalue weighted by Gasteiger charge is -2.31. The smallest absolute Gasteiger partial charge is 0.240 e. The Labute approximate surface area is 141 Å². The molecule has 0 saturated carbocycles. The number of nitrogens with one attached hydrogen (secondary N) is 1. The Morgan fingerprint density at radius 1 is 1.26 bits per heavy atom. The van der Waals surface area contributed by atoms with Gasteiger partial charge in [0, 0.05) is 26.1 Å². The van der Waals surface area contributed by atoms with Gasteiger partial charge in [0.15, 0.2) is 11.5 Å². The Balaban J connectivity index is 0.00000192. The number of benzene rings is 1.